The van der Waals surface area contributed by atoms with Crippen LogP contribution in [0.2, 0.25) is 0 Å². The fraction of sp³-hybridized carbons (Fsp3) is 0.538. The number of aryl methyl sites for hydroxylation is 1. The number of anilines is 1. The molecule has 1 aromatic carbocycles. The third-order valence-corrected chi connectivity index (χ3v) is 7.30. The van der Waals surface area contributed by atoms with E-state index in [0.717, 1.165) is 54.7 Å². The number of aliphatic hydroxyl groups excluding tert-OH is 3. The summed E-state index contributed by atoms with van der Waals surface area (Å²) in [4.78, 5) is 27.7. The molecule has 3 atom stereocenters. The lowest BCUT2D eigenvalue weighted by Crippen LogP contribution is -2.37. The molecular weight excluding hydrogens is 454 g/mol. The minimum atomic E-state index is -0.723. The lowest BCUT2D eigenvalue weighted by Gasteiger charge is -2.27. The van der Waals surface area contributed by atoms with Gasteiger partial charge in [0, 0.05) is 10.6 Å². The van der Waals surface area contributed by atoms with Gasteiger partial charge < -0.3 is 25.0 Å². The monoisotopic (exact) mass is 489 g/mol. The average molecular weight is 490 g/mol. The summed E-state index contributed by atoms with van der Waals surface area (Å²) < 4.78 is 4.94. The van der Waals surface area contributed by atoms with Crippen molar-refractivity contribution in [3.8, 4) is 0 Å². The number of thiophene rings is 1. The van der Waals surface area contributed by atoms with Crippen molar-refractivity contribution >= 4 is 28.9 Å². The molecular formula is C26H35NO6S. The van der Waals surface area contributed by atoms with E-state index in [1.807, 2.05) is 30.3 Å². The van der Waals surface area contributed by atoms with E-state index < -0.39 is 18.2 Å². The Morgan fingerprint density at radius 3 is 2.65 bits per heavy atom. The molecule has 0 spiro atoms. The molecule has 34 heavy (non-hydrogen) atoms. The van der Waals surface area contributed by atoms with E-state index in [-0.39, 0.29) is 31.6 Å². The zero-order chi connectivity index (χ0) is 24.5. The van der Waals surface area contributed by atoms with Crippen LogP contribution in [0.4, 0.5) is 5.69 Å². The Labute approximate surface area is 205 Å². The number of nitrogens with zero attached hydrogens (tertiary/aromatic N) is 1. The number of unbranched alkanes of at least 4 members (excludes halogenated alkanes) is 2. The van der Waals surface area contributed by atoms with Crippen LogP contribution < -0.4 is 4.90 Å². The van der Waals surface area contributed by atoms with Crippen LogP contribution in [0.1, 0.15) is 78.1 Å². The molecule has 3 rings (SSSR count). The number of hydrogen-bond donors (Lipinski definition) is 3. The highest BCUT2D eigenvalue weighted by molar-refractivity contribution is 7.13. The number of esters is 1. The van der Waals surface area contributed by atoms with E-state index in [1.54, 1.807) is 11.0 Å². The highest BCUT2D eigenvalue weighted by atomic mass is 32.1. The SMILES string of the molecule is CCCCCC(O)c1ccc(N2C(=O)C[C@@H](O)[C@@H]2CCCc2ccc(C(=O)OCCO)s2)cc1. The molecule has 1 aliphatic rings. The standard InChI is InChI=1S/C26H35NO6S/c1-2-3-4-8-22(29)18-9-11-19(12-10-18)27-21(23(30)17-25(27)31)7-5-6-20-13-14-24(34-20)26(32)33-16-15-28/h9-14,21-23,28-30H,2-8,15-17H2,1H3/t21-,22?,23+/m0/s1. The highest BCUT2D eigenvalue weighted by Gasteiger charge is 2.39. The van der Waals surface area contributed by atoms with Gasteiger partial charge in [-0.1, -0.05) is 38.3 Å². The summed E-state index contributed by atoms with van der Waals surface area (Å²) in [5.41, 5.74) is 1.58. The highest BCUT2D eigenvalue weighted by Crippen LogP contribution is 2.32. The van der Waals surface area contributed by atoms with E-state index in [9.17, 15) is 19.8 Å². The Bertz CT molecular complexity index is 928. The third kappa shape index (κ3) is 6.88. The van der Waals surface area contributed by atoms with Crippen LogP contribution in [0.25, 0.3) is 0 Å². The summed E-state index contributed by atoms with van der Waals surface area (Å²) in [5, 5.41) is 29.7. The van der Waals surface area contributed by atoms with Crippen LogP contribution in [0.3, 0.4) is 0 Å². The number of benzene rings is 1. The summed E-state index contributed by atoms with van der Waals surface area (Å²) in [6.07, 6.45) is 4.90. The minimum absolute atomic E-state index is 0.0195. The summed E-state index contributed by atoms with van der Waals surface area (Å²) in [5.74, 6) is -0.536. The fourth-order valence-corrected chi connectivity index (χ4v) is 5.30. The Balaban J connectivity index is 1.57. The third-order valence-electron chi connectivity index (χ3n) is 6.18. The number of amides is 1. The molecule has 0 aliphatic carbocycles. The smallest absolute Gasteiger partial charge is 0.348 e. The summed E-state index contributed by atoms with van der Waals surface area (Å²) >= 11 is 1.36. The minimum Gasteiger partial charge on any atom is -0.459 e. The van der Waals surface area contributed by atoms with Crippen molar-refractivity contribution in [2.45, 2.75) is 76.5 Å². The van der Waals surface area contributed by atoms with E-state index in [4.69, 9.17) is 9.84 Å². The first-order valence-electron chi connectivity index (χ1n) is 12.1. The molecule has 1 aliphatic heterocycles. The van der Waals surface area contributed by atoms with Crippen LogP contribution >= 0.6 is 11.3 Å². The maximum atomic E-state index is 12.6. The topological polar surface area (TPSA) is 107 Å². The van der Waals surface area contributed by atoms with Crippen molar-refractivity contribution in [2.75, 3.05) is 18.1 Å². The molecule has 1 amide bonds. The van der Waals surface area contributed by atoms with Crippen molar-refractivity contribution < 1.29 is 29.6 Å². The van der Waals surface area contributed by atoms with Crippen LogP contribution in [0.5, 0.6) is 0 Å². The second-order valence-corrected chi connectivity index (χ2v) is 9.89. The first kappa shape index (κ1) is 26.3. The number of ether oxygens (including phenoxy) is 1. The molecule has 1 fully saturated rings. The van der Waals surface area contributed by atoms with Gasteiger partial charge in [-0.15, -0.1) is 11.3 Å². The van der Waals surface area contributed by atoms with Crippen LogP contribution in [0.15, 0.2) is 36.4 Å². The molecule has 0 bridgehead atoms. The van der Waals surface area contributed by atoms with Crippen LogP contribution in [0, 0.1) is 0 Å². The van der Waals surface area contributed by atoms with Crippen LogP contribution in [-0.2, 0) is 16.0 Å². The summed E-state index contributed by atoms with van der Waals surface area (Å²) in [7, 11) is 0. The first-order chi connectivity index (χ1) is 16.4. The van der Waals surface area contributed by atoms with Gasteiger partial charge in [-0.2, -0.15) is 0 Å². The molecule has 1 unspecified atom stereocenters. The lowest BCUT2D eigenvalue weighted by atomic mass is 10.0. The largest absolute Gasteiger partial charge is 0.459 e. The van der Waals surface area contributed by atoms with Gasteiger partial charge in [0.25, 0.3) is 0 Å². The van der Waals surface area contributed by atoms with Gasteiger partial charge in [0.1, 0.15) is 11.5 Å². The normalized spacial score (nSPS) is 18.9. The number of hydrogen-bond acceptors (Lipinski definition) is 7. The summed E-state index contributed by atoms with van der Waals surface area (Å²) in [6.45, 7) is 1.91. The zero-order valence-electron chi connectivity index (χ0n) is 19.7. The van der Waals surface area contributed by atoms with Gasteiger partial charge in [-0.3, -0.25) is 4.79 Å². The molecule has 0 saturated carbocycles. The first-order valence-corrected chi connectivity index (χ1v) is 12.9. The maximum Gasteiger partial charge on any atom is 0.348 e. The summed E-state index contributed by atoms with van der Waals surface area (Å²) in [6, 6.07) is 10.7. The average Bonchev–Trinajstić information content (AvgIpc) is 3.41. The molecule has 3 N–H and O–H groups in total. The molecule has 1 aromatic heterocycles. The van der Waals surface area contributed by atoms with Crippen molar-refractivity contribution in [1.29, 1.82) is 0 Å². The van der Waals surface area contributed by atoms with E-state index in [2.05, 4.69) is 6.92 Å². The molecule has 2 heterocycles. The zero-order valence-corrected chi connectivity index (χ0v) is 20.5. The molecule has 7 nitrogen and oxygen atoms in total. The molecule has 2 aromatic rings. The van der Waals surface area contributed by atoms with Gasteiger partial charge in [-0.05, 0) is 55.5 Å². The lowest BCUT2D eigenvalue weighted by molar-refractivity contribution is -0.117. The van der Waals surface area contributed by atoms with Gasteiger partial charge in [-0.25, -0.2) is 4.79 Å². The Morgan fingerprint density at radius 2 is 1.94 bits per heavy atom. The number of carbonyl (C=O) groups excluding carboxylic acids is 2. The van der Waals surface area contributed by atoms with Gasteiger partial charge in [0.15, 0.2) is 0 Å². The predicted molar refractivity (Wildman–Crippen MR) is 132 cm³/mol. The maximum absolute atomic E-state index is 12.6. The Hall–Kier alpha value is -2.26. The predicted octanol–water partition coefficient (Wildman–Crippen LogP) is 4.00. The van der Waals surface area contributed by atoms with Gasteiger partial charge >= 0.3 is 5.97 Å². The van der Waals surface area contributed by atoms with E-state index in [0.29, 0.717) is 11.3 Å². The van der Waals surface area contributed by atoms with Crippen molar-refractivity contribution in [3.63, 3.8) is 0 Å². The van der Waals surface area contributed by atoms with Crippen molar-refractivity contribution in [2.24, 2.45) is 0 Å². The van der Waals surface area contributed by atoms with Gasteiger partial charge in [0.2, 0.25) is 5.91 Å². The number of carbonyl (C=O) groups is 2. The fourth-order valence-electron chi connectivity index (χ4n) is 4.36. The molecule has 186 valence electrons. The van der Waals surface area contributed by atoms with E-state index >= 15 is 0 Å². The van der Waals surface area contributed by atoms with Crippen molar-refractivity contribution in [3.05, 3.63) is 51.7 Å². The Kier molecular flexibility index (Phi) is 10.1. The van der Waals surface area contributed by atoms with Crippen molar-refractivity contribution in [1.82, 2.24) is 0 Å². The second-order valence-electron chi connectivity index (χ2n) is 8.72. The quantitative estimate of drug-likeness (QED) is 0.290. The van der Waals surface area contributed by atoms with Gasteiger partial charge in [0.05, 0.1) is 31.3 Å². The molecule has 8 heteroatoms. The molecule has 1 saturated heterocycles. The second kappa shape index (κ2) is 13.0. The van der Waals surface area contributed by atoms with E-state index in [1.165, 1.54) is 11.3 Å². The van der Waals surface area contributed by atoms with Crippen LogP contribution in [-0.4, -0.2) is 52.6 Å². The number of rotatable bonds is 13. The molecule has 0 radical (unpaired) electrons. The Morgan fingerprint density at radius 1 is 1.18 bits per heavy atom. The number of aliphatic hydroxyl groups is 3.